The fourth-order valence-electron chi connectivity index (χ4n) is 1.94. The number of aromatic nitrogens is 1. The minimum Gasteiger partial charge on any atom is -0.477 e. The van der Waals surface area contributed by atoms with Crippen molar-refractivity contribution < 1.29 is 14.6 Å². The van der Waals surface area contributed by atoms with E-state index in [0.717, 1.165) is 37.5 Å². The van der Waals surface area contributed by atoms with Crippen molar-refractivity contribution in [2.24, 2.45) is 5.92 Å². The van der Waals surface area contributed by atoms with E-state index < -0.39 is 5.97 Å². The summed E-state index contributed by atoms with van der Waals surface area (Å²) < 4.78 is 5.11. The molecule has 0 aromatic carbocycles. The number of carboxylic acid groups (broad SMARTS) is 1. The Morgan fingerprint density at radius 2 is 2.53 bits per heavy atom. The SMILES string of the molecule is COCC1CCN(c2nc(Cl)c(C(=O)O)s2)C1. The van der Waals surface area contributed by atoms with Crippen LogP contribution < -0.4 is 4.90 Å². The van der Waals surface area contributed by atoms with Crippen LogP contribution in [0.4, 0.5) is 5.13 Å². The van der Waals surface area contributed by atoms with Gasteiger partial charge in [0.25, 0.3) is 0 Å². The zero-order valence-electron chi connectivity index (χ0n) is 9.35. The van der Waals surface area contributed by atoms with Gasteiger partial charge < -0.3 is 14.7 Å². The summed E-state index contributed by atoms with van der Waals surface area (Å²) >= 11 is 6.91. The molecule has 2 rings (SSSR count). The molecule has 1 N–H and O–H groups in total. The lowest BCUT2D eigenvalue weighted by Crippen LogP contribution is -2.20. The quantitative estimate of drug-likeness (QED) is 0.911. The maximum absolute atomic E-state index is 10.9. The van der Waals surface area contributed by atoms with E-state index in [-0.39, 0.29) is 10.0 Å². The zero-order chi connectivity index (χ0) is 12.4. The Kier molecular flexibility index (Phi) is 3.86. The molecule has 17 heavy (non-hydrogen) atoms. The van der Waals surface area contributed by atoms with Crippen molar-refractivity contribution in [2.45, 2.75) is 6.42 Å². The van der Waals surface area contributed by atoms with Crippen molar-refractivity contribution in [3.63, 3.8) is 0 Å². The van der Waals surface area contributed by atoms with Crippen LogP contribution in [0.1, 0.15) is 16.1 Å². The van der Waals surface area contributed by atoms with Gasteiger partial charge in [-0.2, -0.15) is 0 Å². The normalized spacial score (nSPS) is 19.9. The number of methoxy groups -OCH3 is 1. The van der Waals surface area contributed by atoms with Crippen molar-refractivity contribution >= 4 is 34.0 Å². The number of aromatic carboxylic acids is 1. The smallest absolute Gasteiger partial charge is 0.349 e. The second-order valence-electron chi connectivity index (χ2n) is 3.98. The van der Waals surface area contributed by atoms with Crippen LogP contribution in [0.5, 0.6) is 0 Å². The van der Waals surface area contributed by atoms with E-state index in [1.807, 2.05) is 0 Å². The number of hydrogen-bond donors (Lipinski definition) is 1. The Morgan fingerprint density at radius 1 is 1.76 bits per heavy atom. The highest BCUT2D eigenvalue weighted by atomic mass is 35.5. The minimum absolute atomic E-state index is 0.0766. The lowest BCUT2D eigenvalue weighted by atomic mass is 10.1. The molecule has 0 aliphatic carbocycles. The molecule has 0 spiro atoms. The van der Waals surface area contributed by atoms with E-state index in [4.69, 9.17) is 21.4 Å². The second-order valence-corrected chi connectivity index (χ2v) is 5.31. The molecule has 1 saturated heterocycles. The van der Waals surface area contributed by atoms with Crippen molar-refractivity contribution in [3.05, 3.63) is 10.0 Å². The minimum atomic E-state index is -1.02. The molecule has 7 heteroatoms. The highest BCUT2D eigenvalue weighted by molar-refractivity contribution is 7.18. The van der Waals surface area contributed by atoms with Crippen LogP contribution in [0.3, 0.4) is 0 Å². The van der Waals surface area contributed by atoms with Crippen molar-refractivity contribution in [2.75, 3.05) is 31.7 Å². The van der Waals surface area contributed by atoms with Gasteiger partial charge in [-0.05, 0) is 6.42 Å². The first-order chi connectivity index (χ1) is 8.11. The summed E-state index contributed by atoms with van der Waals surface area (Å²) in [7, 11) is 1.69. The van der Waals surface area contributed by atoms with Crippen LogP contribution in [0.2, 0.25) is 5.15 Å². The van der Waals surface area contributed by atoms with Crippen LogP contribution >= 0.6 is 22.9 Å². The fraction of sp³-hybridized carbons (Fsp3) is 0.600. The summed E-state index contributed by atoms with van der Waals surface area (Å²) in [6.45, 7) is 2.44. The monoisotopic (exact) mass is 276 g/mol. The Bertz CT molecular complexity index is 424. The number of halogens is 1. The van der Waals surface area contributed by atoms with E-state index >= 15 is 0 Å². The molecule has 0 amide bonds. The molecule has 94 valence electrons. The van der Waals surface area contributed by atoms with Gasteiger partial charge in [0.2, 0.25) is 0 Å². The lowest BCUT2D eigenvalue weighted by molar-refractivity contribution is 0.0702. The number of thiazole rings is 1. The number of hydrogen-bond acceptors (Lipinski definition) is 5. The number of ether oxygens (including phenoxy) is 1. The Labute approximate surface area is 108 Å². The van der Waals surface area contributed by atoms with Gasteiger partial charge in [-0.3, -0.25) is 0 Å². The topological polar surface area (TPSA) is 62.7 Å². The molecule has 1 aliphatic heterocycles. The van der Waals surface area contributed by atoms with Crippen molar-refractivity contribution in [1.82, 2.24) is 4.98 Å². The maximum Gasteiger partial charge on any atom is 0.349 e. The molecule has 1 aromatic rings. The standard InChI is InChI=1S/C10H13ClN2O3S/c1-16-5-6-2-3-13(4-6)10-12-8(11)7(17-10)9(14)15/h6H,2-5H2,1H3,(H,14,15). The Balaban J connectivity index is 2.09. The zero-order valence-corrected chi connectivity index (χ0v) is 10.9. The van der Waals surface area contributed by atoms with Gasteiger partial charge in [0.1, 0.15) is 0 Å². The van der Waals surface area contributed by atoms with Crippen LogP contribution in [0.15, 0.2) is 0 Å². The predicted molar refractivity (Wildman–Crippen MR) is 66.3 cm³/mol. The third kappa shape index (κ3) is 2.70. The molecule has 5 nitrogen and oxygen atoms in total. The van der Waals surface area contributed by atoms with Crippen LogP contribution in [0, 0.1) is 5.92 Å². The van der Waals surface area contributed by atoms with E-state index in [2.05, 4.69) is 9.88 Å². The summed E-state index contributed by atoms with van der Waals surface area (Å²) in [5.74, 6) is -0.539. The first-order valence-electron chi connectivity index (χ1n) is 5.25. The molecule has 0 radical (unpaired) electrons. The molecule has 1 unspecified atom stereocenters. The summed E-state index contributed by atoms with van der Waals surface area (Å²) in [4.78, 5) is 17.1. The average molecular weight is 277 g/mol. The third-order valence-corrected chi connectivity index (χ3v) is 4.22. The summed E-state index contributed by atoms with van der Waals surface area (Å²) in [5.41, 5.74) is 0. The number of nitrogens with zero attached hydrogens (tertiary/aromatic N) is 2. The molecule has 2 heterocycles. The van der Waals surface area contributed by atoms with Gasteiger partial charge in [-0.25, -0.2) is 9.78 Å². The Hall–Kier alpha value is -0.850. The fourth-order valence-corrected chi connectivity index (χ4v) is 3.09. The molecular weight excluding hydrogens is 264 g/mol. The summed E-state index contributed by atoms with van der Waals surface area (Å²) in [6, 6.07) is 0. The molecule has 1 aliphatic rings. The van der Waals surface area contributed by atoms with E-state index in [1.165, 1.54) is 0 Å². The number of anilines is 1. The largest absolute Gasteiger partial charge is 0.477 e. The maximum atomic E-state index is 10.9. The second kappa shape index (κ2) is 5.20. The molecule has 1 aromatic heterocycles. The highest BCUT2D eigenvalue weighted by Gasteiger charge is 2.26. The molecule has 1 atom stereocenters. The van der Waals surface area contributed by atoms with Gasteiger partial charge in [-0.15, -0.1) is 0 Å². The average Bonchev–Trinajstić information content (AvgIpc) is 2.85. The van der Waals surface area contributed by atoms with Crippen LogP contribution in [-0.4, -0.2) is 42.9 Å². The van der Waals surface area contributed by atoms with Crippen LogP contribution in [0.25, 0.3) is 0 Å². The van der Waals surface area contributed by atoms with Crippen molar-refractivity contribution in [3.8, 4) is 0 Å². The van der Waals surface area contributed by atoms with Gasteiger partial charge in [0.05, 0.1) is 6.61 Å². The first kappa shape index (κ1) is 12.6. The first-order valence-corrected chi connectivity index (χ1v) is 6.44. The third-order valence-electron chi connectivity index (χ3n) is 2.73. The van der Waals surface area contributed by atoms with Crippen LogP contribution in [-0.2, 0) is 4.74 Å². The summed E-state index contributed by atoms with van der Waals surface area (Å²) in [6.07, 6.45) is 1.04. The van der Waals surface area contributed by atoms with E-state index in [1.54, 1.807) is 7.11 Å². The molecule has 0 bridgehead atoms. The van der Waals surface area contributed by atoms with E-state index in [9.17, 15) is 4.79 Å². The Morgan fingerprint density at radius 3 is 3.12 bits per heavy atom. The van der Waals surface area contributed by atoms with Gasteiger partial charge in [0, 0.05) is 26.1 Å². The number of carbonyl (C=O) groups is 1. The number of rotatable bonds is 4. The number of carboxylic acids is 1. The molecular formula is C10H13ClN2O3S. The molecule has 0 saturated carbocycles. The van der Waals surface area contributed by atoms with Gasteiger partial charge >= 0.3 is 5.97 Å². The molecule has 1 fully saturated rings. The van der Waals surface area contributed by atoms with Gasteiger partial charge in [0.15, 0.2) is 15.2 Å². The van der Waals surface area contributed by atoms with Gasteiger partial charge in [-0.1, -0.05) is 22.9 Å². The highest BCUT2D eigenvalue weighted by Crippen LogP contribution is 2.32. The predicted octanol–water partition coefficient (Wildman–Crippen LogP) is 1.97. The lowest BCUT2D eigenvalue weighted by Gasteiger charge is -2.14. The van der Waals surface area contributed by atoms with E-state index in [0.29, 0.717) is 11.0 Å². The summed E-state index contributed by atoms with van der Waals surface area (Å²) in [5, 5.41) is 9.67. The van der Waals surface area contributed by atoms with Crippen molar-refractivity contribution in [1.29, 1.82) is 0 Å².